The predicted octanol–water partition coefficient (Wildman–Crippen LogP) is 7.66. The SMILES string of the molecule is COc1ccc(N(CC(=O)N/N=C\c2cc(Br)c(OCc3ccc(Cl)cc3Cl)c(OC)c2)S(=O)(=O)c2ccc(C)cc2)cc1Cl. The third kappa shape index (κ3) is 8.62. The third-order valence-electron chi connectivity index (χ3n) is 6.36. The summed E-state index contributed by atoms with van der Waals surface area (Å²) in [4.78, 5) is 13.0. The van der Waals surface area contributed by atoms with Crippen LogP contribution in [0.1, 0.15) is 16.7 Å². The Kier molecular flexibility index (Phi) is 11.6. The maximum absolute atomic E-state index is 13.6. The first kappa shape index (κ1) is 34.4. The first-order valence-corrected chi connectivity index (χ1v) is 16.5. The smallest absolute Gasteiger partial charge is 0.264 e. The third-order valence-corrected chi connectivity index (χ3v) is 9.62. The fraction of sp³-hybridized carbons (Fsp3) is 0.161. The van der Waals surface area contributed by atoms with E-state index in [9.17, 15) is 13.2 Å². The standard InChI is InChI=1S/C31H27BrCl3N3O6S/c1-19-4-9-24(10-5-19)45(40,41)38(23-8-11-28(42-2)27(35)15-23)17-30(39)37-36-16-20-12-25(32)31(29(13-20)43-3)44-18-21-6-7-22(33)14-26(21)34/h4-16H,17-18H2,1-3H3,(H,37,39)/b36-16-. The van der Waals surface area contributed by atoms with Crippen LogP contribution in [0.25, 0.3) is 0 Å². The Morgan fingerprint density at radius 1 is 0.933 bits per heavy atom. The zero-order chi connectivity index (χ0) is 32.7. The molecule has 45 heavy (non-hydrogen) atoms. The Balaban J connectivity index is 1.51. The van der Waals surface area contributed by atoms with Gasteiger partial charge in [0.15, 0.2) is 11.5 Å². The van der Waals surface area contributed by atoms with Gasteiger partial charge >= 0.3 is 0 Å². The van der Waals surface area contributed by atoms with Gasteiger partial charge in [0.2, 0.25) is 0 Å². The number of ether oxygens (including phenoxy) is 3. The number of nitrogens with one attached hydrogen (secondary N) is 1. The molecule has 236 valence electrons. The molecule has 1 N–H and O–H groups in total. The number of amides is 1. The van der Waals surface area contributed by atoms with Crippen LogP contribution in [-0.4, -0.2) is 41.3 Å². The molecule has 0 aliphatic rings. The normalized spacial score (nSPS) is 11.4. The minimum absolute atomic E-state index is 0.00827. The van der Waals surface area contributed by atoms with E-state index in [-0.39, 0.29) is 22.2 Å². The quantitative estimate of drug-likeness (QED) is 0.118. The highest BCUT2D eigenvalue weighted by Gasteiger charge is 2.28. The van der Waals surface area contributed by atoms with Gasteiger partial charge in [-0.1, -0.05) is 58.6 Å². The van der Waals surface area contributed by atoms with Crippen molar-refractivity contribution in [3.05, 3.63) is 109 Å². The molecule has 0 aromatic heterocycles. The molecule has 0 saturated carbocycles. The van der Waals surface area contributed by atoms with E-state index in [0.717, 1.165) is 15.4 Å². The van der Waals surface area contributed by atoms with Crippen LogP contribution in [0.4, 0.5) is 5.69 Å². The molecule has 0 atom stereocenters. The Labute approximate surface area is 284 Å². The lowest BCUT2D eigenvalue weighted by atomic mass is 10.2. The van der Waals surface area contributed by atoms with Crippen molar-refractivity contribution in [1.29, 1.82) is 0 Å². The topological polar surface area (TPSA) is 107 Å². The Morgan fingerprint density at radius 2 is 1.64 bits per heavy atom. The van der Waals surface area contributed by atoms with Crippen LogP contribution >= 0.6 is 50.7 Å². The van der Waals surface area contributed by atoms with Crippen LogP contribution in [0.5, 0.6) is 17.2 Å². The molecule has 0 heterocycles. The number of nitrogens with zero attached hydrogens (tertiary/aromatic N) is 2. The Bertz CT molecular complexity index is 1840. The number of methoxy groups -OCH3 is 2. The number of rotatable bonds is 12. The van der Waals surface area contributed by atoms with Crippen molar-refractivity contribution in [3.8, 4) is 17.2 Å². The predicted molar refractivity (Wildman–Crippen MR) is 181 cm³/mol. The fourth-order valence-corrected chi connectivity index (χ4v) is 6.75. The minimum Gasteiger partial charge on any atom is -0.495 e. The number of carbonyl (C=O) groups excluding carboxylic acids is 1. The second-order valence-corrected chi connectivity index (χ2v) is 13.5. The van der Waals surface area contributed by atoms with Gasteiger partial charge in [-0.05, 0) is 83.0 Å². The molecule has 0 aliphatic heterocycles. The van der Waals surface area contributed by atoms with Crippen LogP contribution in [-0.2, 0) is 21.4 Å². The van der Waals surface area contributed by atoms with Crippen LogP contribution in [0.15, 0.2) is 87.3 Å². The number of anilines is 1. The van der Waals surface area contributed by atoms with Crippen molar-refractivity contribution in [3.63, 3.8) is 0 Å². The van der Waals surface area contributed by atoms with E-state index in [1.54, 1.807) is 42.5 Å². The van der Waals surface area contributed by atoms with Crippen LogP contribution < -0.4 is 23.9 Å². The average molecular weight is 756 g/mol. The Morgan fingerprint density at radius 3 is 2.29 bits per heavy atom. The van der Waals surface area contributed by atoms with Crippen molar-refractivity contribution in [2.45, 2.75) is 18.4 Å². The second-order valence-electron chi connectivity index (χ2n) is 9.50. The summed E-state index contributed by atoms with van der Waals surface area (Å²) in [5, 5.41) is 5.19. The number of hydrazone groups is 1. The number of carbonyl (C=O) groups is 1. The summed E-state index contributed by atoms with van der Waals surface area (Å²) in [5.74, 6) is 0.488. The molecule has 4 aromatic carbocycles. The molecule has 0 radical (unpaired) electrons. The van der Waals surface area contributed by atoms with Gasteiger partial charge in [0.05, 0.1) is 40.5 Å². The van der Waals surface area contributed by atoms with E-state index in [2.05, 4.69) is 26.5 Å². The van der Waals surface area contributed by atoms with Crippen LogP contribution in [0, 0.1) is 6.92 Å². The summed E-state index contributed by atoms with van der Waals surface area (Å²) in [7, 11) is -1.23. The largest absolute Gasteiger partial charge is 0.495 e. The number of benzene rings is 4. The van der Waals surface area contributed by atoms with E-state index in [1.165, 1.54) is 50.8 Å². The average Bonchev–Trinajstić information content (AvgIpc) is 3.00. The number of hydrogen-bond acceptors (Lipinski definition) is 7. The highest BCUT2D eigenvalue weighted by Crippen LogP contribution is 2.37. The molecular weight excluding hydrogens is 729 g/mol. The van der Waals surface area contributed by atoms with Gasteiger partial charge in [0.1, 0.15) is 18.9 Å². The van der Waals surface area contributed by atoms with Gasteiger partial charge in [-0.2, -0.15) is 5.10 Å². The molecule has 0 aliphatic carbocycles. The fourth-order valence-electron chi connectivity index (χ4n) is 4.05. The minimum atomic E-state index is -4.16. The van der Waals surface area contributed by atoms with Gasteiger partial charge in [-0.25, -0.2) is 13.8 Å². The van der Waals surface area contributed by atoms with Gasteiger partial charge in [0.25, 0.3) is 15.9 Å². The van der Waals surface area contributed by atoms with Crippen LogP contribution in [0.2, 0.25) is 15.1 Å². The lowest BCUT2D eigenvalue weighted by Crippen LogP contribution is -2.39. The molecule has 0 saturated heterocycles. The van der Waals surface area contributed by atoms with E-state index < -0.39 is 22.5 Å². The van der Waals surface area contributed by atoms with Crippen LogP contribution in [0.3, 0.4) is 0 Å². The van der Waals surface area contributed by atoms with E-state index in [4.69, 9.17) is 49.0 Å². The molecule has 14 heteroatoms. The van der Waals surface area contributed by atoms with Crippen molar-refractivity contribution in [2.75, 3.05) is 25.1 Å². The molecule has 0 bridgehead atoms. The van der Waals surface area contributed by atoms with E-state index >= 15 is 0 Å². The molecule has 4 aromatic rings. The number of aryl methyl sites for hydroxylation is 1. The van der Waals surface area contributed by atoms with Gasteiger partial charge in [0, 0.05) is 15.6 Å². The summed E-state index contributed by atoms with van der Waals surface area (Å²) >= 11 is 22.0. The Hall–Kier alpha value is -3.48. The number of sulfonamides is 1. The molecule has 4 rings (SSSR count). The molecule has 9 nitrogen and oxygen atoms in total. The number of hydrogen-bond donors (Lipinski definition) is 1. The number of halogens is 4. The van der Waals surface area contributed by atoms with Gasteiger partial charge in [-0.15, -0.1) is 0 Å². The molecule has 0 spiro atoms. The molecule has 1 amide bonds. The van der Waals surface area contributed by atoms with Crippen molar-refractivity contribution >= 4 is 78.6 Å². The summed E-state index contributed by atoms with van der Waals surface area (Å²) in [6.45, 7) is 1.42. The lowest BCUT2D eigenvalue weighted by molar-refractivity contribution is -0.119. The zero-order valence-electron chi connectivity index (χ0n) is 24.2. The highest BCUT2D eigenvalue weighted by atomic mass is 79.9. The molecule has 0 unspecified atom stereocenters. The van der Waals surface area contributed by atoms with E-state index in [1.807, 2.05) is 6.92 Å². The maximum atomic E-state index is 13.6. The highest BCUT2D eigenvalue weighted by molar-refractivity contribution is 9.10. The van der Waals surface area contributed by atoms with Crippen molar-refractivity contribution < 1.29 is 27.4 Å². The summed E-state index contributed by atoms with van der Waals surface area (Å²) in [6.07, 6.45) is 1.38. The first-order chi connectivity index (χ1) is 21.4. The monoisotopic (exact) mass is 753 g/mol. The van der Waals surface area contributed by atoms with Crippen molar-refractivity contribution in [1.82, 2.24) is 5.43 Å². The summed E-state index contributed by atoms with van der Waals surface area (Å²) in [5.41, 5.74) is 4.73. The lowest BCUT2D eigenvalue weighted by Gasteiger charge is -2.24. The zero-order valence-corrected chi connectivity index (χ0v) is 28.9. The molecule has 0 fully saturated rings. The summed E-state index contributed by atoms with van der Waals surface area (Å²) in [6, 6.07) is 19.2. The first-order valence-electron chi connectivity index (χ1n) is 13.1. The van der Waals surface area contributed by atoms with Gasteiger partial charge in [-0.3, -0.25) is 9.10 Å². The molecular formula is C31H27BrCl3N3O6S. The van der Waals surface area contributed by atoms with Crippen molar-refractivity contribution in [2.24, 2.45) is 5.10 Å². The van der Waals surface area contributed by atoms with Gasteiger partial charge < -0.3 is 14.2 Å². The maximum Gasteiger partial charge on any atom is 0.264 e. The van der Waals surface area contributed by atoms with E-state index in [0.29, 0.717) is 37.3 Å². The summed E-state index contributed by atoms with van der Waals surface area (Å²) < 4.78 is 45.4. The second kappa shape index (κ2) is 15.2.